The van der Waals surface area contributed by atoms with Crippen LogP contribution in [-0.4, -0.2) is 49.8 Å². The highest BCUT2D eigenvalue weighted by atomic mass is 32.2. The van der Waals surface area contributed by atoms with Crippen molar-refractivity contribution in [1.29, 1.82) is 0 Å². The molecule has 0 aliphatic heterocycles. The monoisotopic (exact) mass is 365 g/mol. The fourth-order valence-electron chi connectivity index (χ4n) is 2.99. The van der Waals surface area contributed by atoms with Crippen LogP contribution in [0.25, 0.3) is 0 Å². The fourth-order valence-corrected chi connectivity index (χ4v) is 3.79. The quantitative estimate of drug-likeness (QED) is 0.547. The third kappa shape index (κ3) is 6.34. The van der Waals surface area contributed by atoms with Crippen LogP contribution in [0.2, 0.25) is 0 Å². The van der Waals surface area contributed by atoms with Gasteiger partial charge in [0.15, 0.2) is 17.5 Å². The zero-order valence-electron chi connectivity index (χ0n) is 15.7. The third-order valence-corrected chi connectivity index (χ3v) is 5.40. The van der Waals surface area contributed by atoms with Gasteiger partial charge in [0, 0.05) is 17.8 Å². The van der Waals surface area contributed by atoms with Crippen molar-refractivity contribution in [2.45, 2.75) is 50.5 Å². The lowest BCUT2D eigenvalue weighted by molar-refractivity contribution is 0.219. The molecule has 0 aromatic heterocycles. The van der Waals surface area contributed by atoms with Gasteiger partial charge in [0.1, 0.15) is 6.10 Å². The minimum Gasteiger partial charge on any atom is -0.493 e. The van der Waals surface area contributed by atoms with Crippen LogP contribution in [0.15, 0.2) is 29.3 Å². The largest absolute Gasteiger partial charge is 0.493 e. The second-order valence-corrected chi connectivity index (χ2v) is 7.45. The molecule has 0 heterocycles. The number of guanidine groups is 1. The summed E-state index contributed by atoms with van der Waals surface area (Å²) in [6.45, 7) is 5.56. The van der Waals surface area contributed by atoms with E-state index in [0.29, 0.717) is 12.6 Å². The molecule has 1 aromatic rings. The molecule has 0 spiro atoms. The van der Waals surface area contributed by atoms with Crippen LogP contribution in [0.3, 0.4) is 0 Å². The molecule has 25 heavy (non-hydrogen) atoms. The van der Waals surface area contributed by atoms with E-state index in [9.17, 15) is 0 Å². The summed E-state index contributed by atoms with van der Waals surface area (Å²) < 4.78 is 11.3. The van der Waals surface area contributed by atoms with E-state index in [-0.39, 0.29) is 6.10 Å². The molecule has 3 unspecified atom stereocenters. The van der Waals surface area contributed by atoms with Crippen LogP contribution in [0, 0.1) is 0 Å². The van der Waals surface area contributed by atoms with Crippen molar-refractivity contribution in [3.63, 3.8) is 0 Å². The highest BCUT2D eigenvalue weighted by molar-refractivity contribution is 7.99. The molecule has 0 amide bonds. The molecule has 140 valence electrons. The molecule has 0 saturated heterocycles. The summed E-state index contributed by atoms with van der Waals surface area (Å²) in [6.07, 6.45) is 5.87. The molecule has 1 aliphatic rings. The average Bonchev–Trinajstić information content (AvgIpc) is 3.08. The SMILES string of the molecule is CCNC(=NCC(C)Oc1ccccc1OC)NC1CCC(SC)C1. The van der Waals surface area contributed by atoms with Crippen molar-refractivity contribution in [3.05, 3.63) is 24.3 Å². The van der Waals surface area contributed by atoms with Crippen molar-refractivity contribution in [2.24, 2.45) is 4.99 Å². The second kappa shape index (κ2) is 10.4. The van der Waals surface area contributed by atoms with Crippen molar-refractivity contribution >= 4 is 17.7 Å². The lowest BCUT2D eigenvalue weighted by Gasteiger charge is -2.19. The summed E-state index contributed by atoms with van der Waals surface area (Å²) in [5.74, 6) is 2.38. The summed E-state index contributed by atoms with van der Waals surface area (Å²) in [4.78, 5) is 4.70. The van der Waals surface area contributed by atoms with Gasteiger partial charge in [-0.1, -0.05) is 12.1 Å². The van der Waals surface area contributed by atoms with E-state index in [0.717, 1.165) is 29.3 Å². The highest BCUT2D eigenvalue weighted by Gasteiger charge is 2.24. The van der Waals surface area contributed by atoms with Crippen LogP contribution in [0.5, 0.6) is 11.5 Å². The molecule has 1 aliphatic carbocycles. The summed E-state index contributed by atoms with van der Waals surface area (Å²) in [5, 5.41) is 7.68. The van der Waals surface area contributed by atoms with Gasteiger partial charge in [0.05, 0.1) is 13.7 Å². The van der Waals surface area contributed by atoms with Crippen LogP contribution in [0.1, 0.15) is 33.1 Å². The molecule has 2 rings (SSSR count). The number of aliphatic imine (C=N–C) groups is 1. The number of rotatable bonds is 8. The van der Waals surface area contributed by atoms with E-state index in [1.165, 1.54) is 19.3 Å². The number of methoxy groups -OCH3 is 1. The van der Waals surface area contributed by atoms with Gasteiger partial charge in [-0.25, -0.2) is 4.99 Å². The zero-order chi connectivity index (χ0) is 18.1. The number of ether oxygens (including phenoxy) is 2. The van der Waals surface area contributed by atoms with E-state index < -0.39 is 0 Å². The van der Waals surface area contributed by atoms with Crippen molar-refractivity contribution < 1.29 is 9.47 Å². The molecule has 6 heteroatoms. The number of para-hydroxylation sites is 2. The predicted molar refractivity (Wildman–Crippen MR) is 107 cm³/mol. The van der Waals surface area contributed by atoms with Crippen molar-refractivity contribution in [3.8, 4) is 11.5 Å². The van der Waals surface area contributed by atoms with Gasteiger partial charge in [0.2, 0.25) is 0 Å². The van der Waals surface area contributed by atoms with Gasteiger partial charge in [-0.15, -0.1) is 0 Å². The Balaban J connectivity index is 1.89. The molecule has 5 nitrogen and oxygen atoms in total. The van der Waals surface area contributed by atoms with Gasteiger partial charge in [-0.3, -0.25) is 0 Å². The number of hydrogen-bond donors (Lipinski definition) is 2. The van der Waals surface area contributed by atoms with Crippen LogP contribution in [-0.2, 0) is 0 Å². The number of benzene rings is 1. The minimum atomic E-state index is -0.0331. The Bertz CT molecular complexity index is 553. The first-order chi connectivity index (χ1) is 12.2. The summed E-state index contributed by atoms with van der Waals surface area (Å²) >= 11 is 1.97. The normalized spacial score (nSPS) is 21.7. The fraction of sp³-hybridized carbons (Fsp3) is 0.632. The molecular formula is C19H31N3O2S. The zero-order valence-corrected chi connectivity index (χ0v) is 16.6. The molecular weight excluding hydrogens is 334 g/mol. The van der Waals surface area contributed by atoms with Crippen LogP contribution < -0.4 is 20.1 Å². The first-order valence-electron chi connectivity index (χ1n) is 9.03. The molecule has 2 N–H and O–H groups in total. The number of thioether (sulfide) groups is 1. The van der Waals surface area contributed by atoms with Crippen molar-refractivity contribution in [1.82, 2.24) is 10.6 Å². The lowest BCUT2D eigenvalue weighted by Crippen LogP contribution is -2.43. The summed E-state index contributed by atoms with van der Waals surface area (Å²) in [6, 6.07) is 8.22. The summed E-state index contributed by atoms with van der Waals surface area (Å²) in [7, 11) is 1.65. The van der Waals surface area contributed by atoms with Crippen LogP contribution in [0.4, 0.5) is 0 Å². The number of nitrogens with one attached hydrogen (secondary N) is 2. The maximum absolute atomic E-state index is 5.98. The molecule has 0 radical (unpaired) electrons. The van der Waals surface area contributed by atoms with Crippen molar-refractivity contribution in [2.75, 3.05) is 26.5 Å². The second-order valence-electron chi connectivity index (χ2n) is 6.31. The van der Waals surface area contributed by atoms with Gasteiger partial charge in [-0.05, 0) is 51.5 Å². The Morgan fingerprint density at radius 2 is 2.08 bits per heavy atom. The molecule has 1 saturated carbocycles. The number of nitrogens with zero attached hydrogens (tertiary/aromatic N) is 1. The summed E-state index contributed by atoms with van der Waals surface area (Å²) in [5.41, 5.74) is 0. The standard InChI is InChI=1S/C19H31N3O2S/c1-5-20-19(22-15-10-11-16(12-15)25-4)21-13-14(2)24-18-9-7-6-8-17(18)23-3/h6-9,14-16H,5,10-13H2,1-4H3,(H2,20,21,22). The molecule has 0 bridgehead atoms. The first-order valence-corrected chi connectivity index (χ1v) is 10.3. The van der Waals surface area contributed by atoms with Gasteiger partial charge in [-0.2, -0.15) is 11.8 Å². The predicted octanol–water partition coefficient (Wildman–Crippen LogP) is 3.30. The Labute approximate surface area is 156 Å². The van der Waals surface area contributed by atoms with E-state index >= 15 is 0 Å². The first kappa shape index (κ1) is 19.8. The Kier molecular flexibility index (Phi) is 8.25. The Morgan fingerprint density at radius 3 is 2.72 bits per heavy atom. The lowest BCUT2D eigenvalue weighted by atomic mass is 10.2. The smallest absolute Gasteiger partial charge is 0.191 e. The van der Waals surface area contributed by atoms with E-state index in [1.807, 2.05) is 43.0 Å². The molecule has 1 fully saturated rings. The third-order valence-electron chi connectivity index (χ3n) is 4.31. The topological polar surface area (TPSA) is 54.9 Å². The van der Waals surface area contributed by atoms with E-state index in [1.54, 1.807) is 7.11 Å². The Morgan fingerprint density at radius 1 is 1.32 bits per heavy atom. The minimum absolute atomic E-state index is 0.0331. The molecule has 3 atom stereocenters. The van der Waals surface area contributed by atoms with E-state index in [4.69, 9.17) is 14.5 Å². The Hall–Kier alpha value is -1.56. The number of hydrogen-bond acceptors (Lipinski definition) is 4. The maximum Gasteiger partial charge on any atom is 0.191 e. The maximum atomic E-state index is 5.98. The van der Waals surface area contributed by atoms with Crippen LogP contribution >= 0.6 is 11.8 Å². The highest BCUT2D eigenvalue weighted by Crippen LogP contribution is 2.28. The van der Waals surface area contributed by atoms with Gasteiger partial charge >= 0.3 is 0 Å². The van der Waals surface area contributed by atoms with E-state index in [2.05, 4.69) is 23.8 Å². The van der Waals surface area contributed by atoms with Gasteiger partial charge in [0.25, 0.3) is 0 Å². The van der Waals surface area contributed by atoms with Gasteiger partial charge < -0.3 is 20.1 Å². The average molecular weight is 366 g/mol. The molecule has 1 aromatic carbocycles.